The van der Waals surface area contributed by atoms with Crippen LogP contribution in [0.2, 0.25) is 0 Å². The summed E-state index contributed by atoms with van der Waals surface area (Å²) in [6.07, 6.45) is 3.47. The fourth-order valence-electron chi connectivity index (χ4n) is 3.62. The number of nitrogens with zero attached hydrogens (tertiary/aromatic N) is 1. The van der Waals surface area contributed by atoms with Gasteiger partial charge in [-0.3, -0.25) is 9.52 Å². The Hall–Kier alpha value is -2.67. The van der Waals surface area contributed by atoms with Crippen molar-refractivity contribution in [1.82, 2.24) is 4.72 Å². The average molecular weight is 455 g/mol. The number of halogens is 1. The van der Waals surface area contributed by atoms with Crippen molar-refractivity contribution in [2.45, 2.75) is 56.4 Å². The van der Waals surface area contributed by atoms with Gasteiger partial charge in [-0.1, -0.05) is 26.8 Å². The number of hydrogen-bond donors (Lipinski definition) is 1. The minimum Gasteiger partial charge on any atom is -0.489 e. The predicted molar refractivity (Wildman–Crippen MR) is 125 cm³/mol. The number of carbonyl (C=O) groups is 1. The highest BCUT2D eigenvalue weighted by atomic mass is 32.2. The van der Waals surface area contributed by atoms with Gasteiger partial charge >= 0.3 is 0 Å². The van der Waals surface area contributed by atoms with Crippen LogP contribution in [0, 0.1) is 5.82 Å². The lowest BCUT2D eigenvalue weighted by Crippen LogP contribution is -2.36. The number of amides is 1. The van der Waals surface area contributed by atoms with E-state index in [4.69, 9.17) is 9.15 Å². The van der Waals surface area contributed by atoms with Gasteiger partial charge < -0.3 is 14.1 Å². The highest BCUT2D eigenvalue weighted by molar-refractivity contribution is 7.98. The number of benzene rings is 2. The van der Waals surface area contributed by atoms with Crippen LogP contribution in [-0.2, 0) is 5.41 Å². The molecule has 5 nitrogen and oxygen atoms in total. The van der Waals surface area contributed by atoms with E-state index in [0.29, 0.717) is 11.0 Å². The lowest BCUT2D eigenvalue weighted by molar-refractivity contribution is 0.0959. The molecule has 32 heavy (non-hydrogen) atoms. The van der Waals surface area contributed by atoms with Crippen molar-refractivity contribution in [3.8, 4) is 5.75 Å². The van der Waals surface area contributed by atoms with Gasteiger partial charge in [0.05, 0.1) is 16.4 Å². The van der Waals surface area contributed by atoms with Gasteiger partial charge in [0.1, 0.15) is 17.1 Å². The molecule has 0 unspecified atom stereocenters. The molecule has 5 rings (SSSR count). The van der Waals surface area contributed by atoms with E-state index in [1.165, 1.54) is 24.1 Å². The van der Waals surface area contributed by atoms with Gasteiger partial charge in [0.2, 0.25) is 0 Å². The van der Waals surface area contributed by atoms with E-state index >= 15 is 0 Å². The largest absolute Gasteiger partial charge is 0.489 e. The topological polar surface area (TPSA) is 54.7 Å². The summed E-state index contributed by atoms with van der Waals surface area (Å²) < 4.78 is 29.2. The number of nitrogens with one attached hydrogen (secondary N) is 1. The van der Waals surface area contributed by atoms with Gasteiger partial charge in [-0.25, -0.2) is 4.39 Å². The fourth-order valence-corrected chi connectivity index (χ4v) is 4.33. The molecule has 2 fully saturated rings. The molecule has 3 aromatic rings. The molecule has 0 bridgehead atoms. The molecule has 2 heterocycles. The highest BCUT2D eigenvalue weighted by Crippen LogP contribution is 2.37. The number of carbonyl (C=O) groups excluding carboxylic acids is 1. The number of rotatable bonds is 6. The summed E-state index contributed by atoms with van der Waals surface area (Å²) in [4.78, 5) is 15.7. The predicted octanol–water partition coefficient (Wildman–Crippen LogP) is 6.06. The third-order valence-corrected chi connectivity index (χ3v) is 6.72. The lowest BCUT2D eigenvalue weighted by Gasteiger charge is -2.33. The van der Waals surface area contributed by atoms with Crippen molar-refractivity contribution < 1.29 is 18.3 Å². The Morgan fingerprint density at radius 3 is 2.62 bits per heavy atom. The van der Waals surface area contributed by atoms with Gasteiger partial charge in [0, 0.05) is 30.9 Å². The molecule has 1 N–H and O–H groups in total. The molecule has 0 atom stereocenters. The Bertz CT molecular complexity index is 1180. The van der Waals surface area contributed by atoms with E-state index in [-0.39, 0.29) is 23.1 Å². The smallest absolute Gasteiger partial charge is 0.297 e. The van der Waals surface area contributed by atoms with Crippen molar-refractivity contribution in [3.63, 3.8) is 0 Å². The molecule has 2 aliphatic rings. The van der Waals surface area contributed by atoms with Gasteiger partial charge in [-0.05, 0) is 60.4 Å². The van der Waals surface area contributed by atoms with Crippen LogP contribution >= 0.6 is 11.9 Å². The lowest BCUT2D eigenvalue weighted by atomic mass is 9.87. The van der Waals surface area contributed by atoms with Crippen LogP contribution in [0.3, 0.4) is 0 Å². The Kier molecular flexibility index (Phi) is 5.32. The second-order valence-corrected chi connectivity index (χ2v) is 10.4. The molecule has 0 spiro atoms. The van der Waals surface area contributed by atoms with Crippen molar-refractivity contribution in [1.29, 1.82) is 0 Å². The maximum absolute atomic E-state index is 14.6. The number of ether oxygens (including phenoxy) is 1. The van der Waals surface area contributed by atoms with Crippen molar-refractivity contribution in [2.75, 3.05) is 18.0 Å². The van der Waals surface area contributed by atoms with Crippen LogP contribution in [-0.4, -0.2) is 25.1 Å². The molecule has 1 aromatic heterocycles. The first-order valence-corrected chi connectivity index (χ1v) is 11.9. The van der Waals surface area contributed by atoms with Crippen LogP contribution < -0.4 is 14.4 Å². The zero-order valence-electron chi connectivity index (χ0n) is 18.5. The summed E-state index contributed by atoms with van der Waals surface area (Å²) in [6.45, 7) is 8.26. The second kappa shape index (κ2) is 8.03. The van der Waals surface area contributed by atoms with E-state index in [2.05, 4.69) is 42.5 Å². The molecule has 1 amide bonds. The summed E-state index contributed by atoms with van der Waals surface area (Å²) in [5, 5.41) is 0.317. The maximum Gasteiger partial charge on any atom is 0.297 e. The molecular weight excluding hydrogens is 427 g/mol. The SMILES string of the molecule is CC(C)(C)c1ccc(OC2CC2)c(SNC(=O)c2cc3c(F)cc(N4CCC4)cc3o2)c1. The number of hydrogen-bond acceptors (Lipinski definition) is 5. The third kappa shape index (κ3) is 4.31. The first-order valence-electron chi connectivity index (χ1n) is 11.0. The van der Waals surface area contributed by atoms with E-state index in [9.17, 15) is 9.18 Å². The molecule has 168 valence electrons. The van der Waals surface area contributed by atoms with Crippen LogP contribution in [0.15, 0.2) is 45.7 Å². The molecule has 0 radical (unpaired) electrons. The summed E-state index contributed by atoms with van der Waals surface area (Å²) in [5.41, 5.74) is 2.30. The van der Waals surface area contributed by atoms with E-state index in [1.54, 1.807) is 6.07 Å². The van der Waals surface area contributed by atoms with Gasteiger partial charge in [0.25, 0.3) is 5.91 Å². The Labute approximate surface area is 191 Å². The summed E-state index contributed by atoms with van der Waals surface area (Å²) in [7, 11) is 0. The first-order chi connectivity index (χ1) is 15.3. The van der Waals surface area contributed by atoms with Crippen molar-refractivity contribution >= 4 is 34.5 Å². The molecule has 1 saturated heterocycles. The molecule has 1 saturated carbocycles. The summed E-state index contributed by atoms with van der Waals surface area (Å²) >= 11 is 1.20. The van der Waals surface area contributed by atoms with Gasteiger partial charge in [-0.15, -0.1) is 0 Å². The normalized spacial score (nSPS) is 16.2. The quantitative estimate of drug-likeness (QED) is 0.459. The number of furan rings is 1. The van der Waals surface area contributed by atoms with Crippen LogP contribution in [0.5, 0.6) is 5.75 Å². The van der Waals surface area contributed by atoms with E-state index < -0.39 is 5.91 Å². The van der Waals surface area contributed by atoms with Crippen molar-refractivity contribution in [3.05, 3.63) is 53.5 Å². The van der Waals surface area contributed by atoms with Crippen LogP contribution in [0.4, 0.5) is 10.1 Å². The number of anilines is 1. The zero-order chi connectivity index (χ0) is 22.5. The minimum absolute atomic E-state index is 0.0259. The minimum atomic E-state index is -0.408. The summed E-state index contributed by atoms with van der Waals surface area (Å²) in [5.74, 6) is 0.0666. The van der Waals surface area contributed by atoms with Crippen molar-refractivity contribution in [2.24, 2.45) is 0 Å². The molecule has 1 aliphatic heterocycles. The highest BCUT2D eigenvalue weighted by Gasteiger charge is 2.26. The zero-order valence-corrected chi connectivity index (χ0v) is 19.4. The van der Waals surface area contributed by atoms with Gasteiger partial charge in [0.15, 0.2) is 5.76 Å². The Morgan fingerprint density at radius 2 is 1.97 bits per heavy atom. The molecule has 7 heteroatoms. The second-order valence-electron chi connectivity index (χ2n) is 9.55. The molecular formula is C25H27FN2O3S. The average Bonchev–Trinajstić information content (AvgIpc) is 3.40. The standard InChI is InChI=1S/C25H27FN2O3S/c1-25(2,3)15-5-8-20(30-17-6-7-17)23(11-15)32-27-24(29)22-14-18-19(26)12-16(13-21(18)31-22)28-9-4-10-28/h5,8,11-14,17H,4,6-7,9-10H2,1-3H3,(H,27,29). The Balaban J connectivity index is 1.36. The molecule has 1 aliphatic carbocycles. The Morgan fingerprint density at radius 1 is 1.19 bits per heavy atom. The monoisotopic (exact) mass is 454 g/mol. The first kappa shape index (κ1) is 21.2. The van der Waals surface area contributed by atoms with E-state index in [1.807, 2.05) is 6.07 Å². The van der Waals surface area contributed by atoms with E-state index in [0.717, 1.165) is 54.2 Å². The van der Waals surface area contributed by atoms with Crippen LogP contribution in [0.1, 0.15) is 56.2 Å². The molecule has 2 aromatic carbocycles. The third-order valence-electron chi connectivity index (χ3n) is 5.90. The number of fused-ring (bicyclic) bond motifs is 1. The van der Waals surface area contributed by atoms with Gasteiger partial charge in [-0.2, -0.15) is 0 Å². The fraction of sp³-hybridized carbons (Fsp3) is 0.400. The maximum atomic E-state index is 14.6. The summed E-state index contributed by atoms with van der Waals surface area (Å²) in [6, 6.07) is 10.9. The van der Waals surface area contributed by atoms with Crippen LogP contribution in [0.25, 0.3) is 11.0 Å².